The molecule has 1 atom stereocenters. The van der Waals surface area contributed by atoms with Crippen molar-refractivity contribution in [1.29, 1.82) is 0 Å². The molecule has 2 aromatic heterocycles. The van der Waals surface area contributed by atoms with Crippen LogP contribution in [-0.4, -0.2) is 10.9 Å². The molecule has 1 N–H and O–H groups in total. The monoisotopic (exact) mass is 495 g/mol. The van der Waals surface area contributed by atoms with E-state index in [1.54, 1.807) is 34.4 Å². The van der Waals surface area contributed by atoms with Crippen LogP contribution in [0.2, 0.25) is 0 Å². The lowest BCUT2D eigenvalue weighted by atomic mass is 10.1. The van der Waals surface area contributed by atoms with E-state index >= 15 is 0 Å². The first-order valence-corrected chi connectivity index (χ1v) is 13.4. The van der Waals surface area contributed by atoms with Crippen molar-refractivity contribution < 1.29 is 9.90 Å². The fourth-order valence-electron chi connectivity index (χ4n) is 4.68. The van der Waals surface area contributed by atoms with Gasteiger partial charge in [0.2, 0.25) is 0 Å². The molecule has 0 amide bonds. The smallest absolute Gasteiger partial charge is 0.192 e. The number of fused-ring (bicyclic) bond motifs is 4. The van der Waals surface area contributed by atoms with Crippen LogP contribution in [0.15, 0.2) is 99.6 Å². The van der Waals surface area contributed by atoms with Crippen molar-refractivity contribution in [2.75, 3.05) is 4.90 Å². The first-order chi connectivity index (χ1) is 16.7. The van der Waals surface area contributed by atoms with Gasteiger partial charge in [0, 0.05) is 30.5 Å². The van der Waals surface area contributed by atoms with Crippen molar-refractivity contribution in [3.63, 3.8) is 0 Å². The van der Waals surface area contributed by atoms with Crippen molar-refractivity contribution in [1.82, 2.24) is 0 Å². The van der Waals surface area contributed by atoms with Gasteiger partial charge in [-0.05, 0) is 77.0 Å². The van der Waals surface area contributed by atoms with Gasteiger partial charge >= 0.3 is 0 Å². The van der Waals surface area contributed by atoms with Gasteiger partial charge in [-0.2, -0.15) is 0 Å². The first-order valence-electron chi connectivity index (χ1n) is 10.9. The van der Waals surface area contributed by atoms with Crippen molar-refractivity contribution >= 4 is 72.8 Å². The second-order valence-corrected chi connectivity index (χ2v) is 11.4. The van der Waals surface area contributed by atoms with Gasteiger partial charge in [0.1, 0.15) is 11.1 Å². The van der Waals surface area contributed by atoms with Crippen LogP contribution in [0.25, 0.3) is 16.2 Å². The van der Waals surface area contributed by atoms with E-state index in [0.717, 1.165) is 31.3 Å². The van der Waals surface area contributed by atoms with Crippen LogP contribution in [0.1, 0.15) is 26.9 Å². The van der Waals surface area contributed by atoms with E-state index in [-0.39, 0.29) is 5.78 Å². The number of nitrogens with zero attached hydrogens (tertiary/aromatic N) is 1. The predicted molar refractivity (Wildman–Crippen MR) is 142 cm³/mol. The van der Waals surface area contributed by atoms with E-state index in [2.05, 4.69) is 59.5 Å². The zero-order valence-electron chi connectivity index (χ0n) is 17.8. The highest BCUT2D eigenvalue weighted by Crippen LogP contribution is 2.52. The number of carbonyl (C=O) groups is 1. The molecule has 34 heavy (non-hydrogen) atoms. The molecule has 1 unspecified atom stereocenters. The zero-order valence-corrected chi connectivity index (χ0v) is 20.2. The van der Waals surface area contributed by atoms with Gasteiger partial charge < -0.3 is 5.11 Å². The maximum Gasteiger partial charge on any atom is 0.192 e. The zero-order chi connectivity index (χ0) is 22.8. The SMILES string of the molecule is O=C1/C(=C\c2ccc(N3c4ccccc4Sc4ccccc43)s2)C(O)c2cc3sccc3cc21. The summed E-state index contributed by atoms with van der Waals surface area (Å²) < 4.78 is 1.09. The molecule has 0 saturated carbocycles. The van der Waals surface area contributed by atoms with Gasteiger partial charge in [0.15, 0.2) is 5.78 Å². The third-order valence-electron chi connectivity index (χ3n) is 6.28. The van der Waals surface area contributed by atoms with Crippen LogP contribution in [0.3, 0.4) is 0 Å². The van der Waals surface area contributed by atoms with E-state index in [0.29, 0.717) is 16.7 Å². The molecule has 0 radical (unpaired) electrons. The van der Waals surface area contributed by atoms with Crippen LogP contribution < -0.4 is 4.90 Å². The lowest BCUT2D eigenvalue weighted by Gasteiger charge is -2.31. The number of para-hydroxylation sites is 2. The molecule has 1 aliphatic heterocycles. The van der Waals surface area contributed by atoms with Crippen LogP contribution in [0.4, 0.5) is 16.4 Å². The number of benzene rings is 3. The quantitative estimate of drug-likeness (QED) is 0.246. The molecule has 6 heteroatoms. The Labute approximate surface area is 208 Å². The highest BCUT2D eigenvalue weighted by molar-refractivity contribution is 7.99. The van der Waals surface area contributed by atoms with E-state index < -0.39 is 6.10 Å². The second kappa shape index (κ2) is 7.68. The van der Waals surface area contributed by atoms with Gasteiger partial charge in [0.05, 0.1) is 11.4 Å². The molecule has 3 aromatic carbocycles. The Morgan fingerprint density at radius 3 is 2.38 bits per heavy atom. The van der Waals surface area contributed by atoms with Crippen molar-refractivity contribution in [2.45, 2.75) is 15.9 Å². The number of thiophene rings is 2. The fraction of sp³-hybridized carbons (Fsp3) is 0.0357. The molecule has 3 nitrogen and oxygen atoms in total. The first kappa shape index (κ1) is 20.2. The lowest BCUT2D eigenvalue weighted by molar-refractivity contribution is 0.102. The highest BCUT2D eigenvalue weighted by Gasteiger charge is 2.34. The minimum atomic E-state index is -0.896. The summed E-state index contributed by atoms with van der Waals surface area (Å²) in [6.07, 6.45) is 0.957. The van der Waals surface area contributed by atoms with Gasteiger partial charge in [-0.1, -0.05) is 36.0 Å². The summed E-state index contributed by atoms with van der Waals surface area (Å²) in [7, 11) is 0. The summed E-state index contributed by atoms with van der Waals surface area (Å²) >= 11 is 5.03. The summed E-state index contributed by atoms with van der Waals surface area (Å²) in [6.45, 7) is 0. The molecule has 0 spiro atoms. The normalized spacial score (nSPS) is 17.8. The molecule has 1 aliphatic carbocycles. The van der Waals surface area contributed by atoms with Gasteiger partial charge in [0.25, 0.3) is 0 Å². The Balaban J connectivity index is 1.29. The lowest BCUT2D eigenvalue weighted by Crippen LogP contribution is -2.13. The van der Waals surface area contributed by atoms with Crippen LogP contribution >= 0.6 is 34.4 Å². The summed E-state index contributed by atoms with van der Waals surface area (Å²) in [4.78, 5) is 18.8. The average molecular weight is 496 g/mol. The maximum absolute atomic E-state index is 13.2. The van der Waals surface area contributed by atoms with Gasteiger partial charge in [-0.15, -0.1) is 22.7 Å². The molecule has 0 saturated heterocycles. The summed E-state index contributed by atoms with van der Waals surface area (Å²) in [5.41, 5.74) is 4.06. The fourth-order valence-corrected chi connectivity index (χ4v) is 7.54. The number of aliphatic hydroxyl groups is 1. The number of hydrogen-bond donors (Lipinski definition) is 1. The average Bonchev–Trinajstić information content (AvgIpc) is 3.57. The maximum atomic E-state index is 13.2. The molecule has 0 fully saturated rings. The number of hydrogen-bond acceptors (Lipinski definition) is 6. The minimum Gasteiger partial charge on any atom is -0.383 e. The van der Waals surface area contributed by atoms with Crippen LogP contribution in [0.5, 0.6) is 0 Å². The summed E-state index contributed by atoms with van der Waals surface area (Å²) in [5, 5.41) is 15.1. The minimum absolute atomic E-state index is 0.0874. The molecule has 0 bridgehead atoms. The topological polar surface area (TPSA) is 40.5 Å². The van der Waals surface area contributed by atoms with Crippen LogP contribution in [0, 0.1) is 0 Å². The molecule has 7 rings (SSSR count). The molecule has 2 aliphatic rings. The molecular formula is C28H17NO2S3. The number of Topliss-reactive ketones (excluding diaryl/α,β-unsaturated/α-hetero) is 1. The van der Waals surface area contributed by atoms with E-state index in [4.69, 9.17) is 0 Å². The second-order valence-electron chi connectivity index (χ2n) is 8.28. The standard InChI is InChI=1S/C28H17NO2S3/c30-27-18-13-16-11-12-32-25(16)15-19(18)28(31)20(27)14-17-9-10-26(33-17)29-21-5-1-3-7-23(21)34-24-8-4-2-6-22(24)29/h1-15,28,31H/b20-14+. The Hall–Kier alpha value is -3.16. The van der Waals surface area contributed by atoms with Crippen LogP contribution in [-0.2, 0) is 0 Å². The van der Waals surface area contributed by atoms with Crippen molar-refractivity contribution in [3.05, 3.63) is 106 Å². The third kappa shape index (κ3) is 3.03. The van der Waals surface area contributed by atoms with E-state index in [1.165, 1.54) is 9.79 Å². The molecule has 164 valence electrons. The Bertz CT molecular complexity index is 1600. The summed E-state index contributed by atoms with van der Waals surface area (Å²) in [6, 6.07) is 26.8. The number of carbonyl (C=O) groups excluding carboxylic acids is 1. The predicted octanol–water partition coefficient (Wildman–Crippen LogP) is 8.21. The number of anilines is 3. The molecular weight excluding hydrogens is 479 g/mol. The number of rotatable bonds is 2. The van der Waals surface area contributed by atoms with Gasteiger partial charge in [-0.3, -0.25) is 9.69 Å². The number of aliphatic hydroxyl groups excluding tert-OH is 1. The highest BCUT2D eigenvalue weighted by atomic mass is 32.2. The Morgan fingerprint density at radius 2 is 1.62 bits per heavy atom. The molecule has 5 aromatic rings. The number of ketones is 1. The molecule has 3 heterocycles. The Kier molecular flexibility index (Phi) is 4.57. The summed E-state index contributed by atoms with van der Waals surface area (Å²) in [5.74, 6) is -0.0874. The Morgan fingerprint density at radius 1 is 0.882 bits per heavy atom. The largest absolute Gasteiger partial charge is 0.383 e. The van der Waals surface area contributed by atoms with E-state index in [9.17, 15) is 9.90 Å². The van der Waals surface area contributed by atoms with Crippen molar-refractivity contribution in [3.8, 4) is 0 Å². The van der Waals surface area contributed by atoms with E-state index in [1.807, 2.05) is 35.7 Å². The van der Waals surface area contributed by atoms with Gasteiger partial charge in [-0.25, -0.2) is 0 Å². The van der Waals surface area contributed by atoms with Crippen molar-refractivity contribution in [2.24, 2.45) is 0 Å². The third-order valence-corrected chi connectivity index (χ3v) is 9.31.